The lowest BCUT2D eigenvalue weighted by atomic mass is 10.0. The molecular formula is C14H13NO3S. The summed E-state index contributed by atoms with van der Waals surface area (Å²) in [7, 11) is 1.62. The van der Waals surface area contributed by atoms with Crippen molar-refractivity contribution in [3.05, 3.63) is 33.7 Å². The van der Waals surface area contributed by atoms with Gasteiger partial charge in [0, 0.05) is 5.56 Å². The number of methoxy groups -OCH3 is 1. The Kier molecular flexibility index (Phi) is 3.06. The zero-order chi connectivity index (χ0) is 13.4. The first kappa shape index (κ1) is 12.3. The number of carbonyl (C=O) groups excluding carboxylic acids is 2. The normalized spacial score (nSPS) is 19.7. The topological polar surface area (TPSA) is 55.4 Å². The second kappa shape index (κ2) is 4.74. The number of rotatable bonds is 2. The van der Waals surface area contributed by atoms with Crippen LogP contribution < -0.4 is 10.1 Å². The van der Waals surface area contributed by atoms with Gasteiger partial charge < -0.3 is 4.74 Å². The van der Waals surface area contributed by atoms with E-state index in [0.717, 1.165) is 42.3 Å². The molecule has 0 atom stereocenters. The first-order valence-electron chi connectivity index (χ1n) is 6.12. The van der Waals surface area contributed by atoms with Crippen LogP contribution in [-0.4, -0.2) is 18.3 Å². The van der Waals surface area contributed by atoms with E-state index < -0.39 is 0 Å². The molecule has 0 saturated carbocycles. The number of imide groups is 1. The highest BCUT2D eigenvalue weighted by atomic mass is 32.2. The van der Waals surface area contributed by atoms with Crippen LogP contribution in [0.2, 0.25) is 0 Å². The zero-order valence-corrected chi connectivity index (χ0v) is 11.3. The van der Waals surface area contributed by atoms with Crippen LogP contribution in [0.4, 0.5) is 4.79 Å². The van der Waals surface area contributed by atoms with E-state index in [4.69, 9.17) is 4.74 Å². The van der Waals surface area contributed by atoms with Crippen LogP contribution in [0.25, 0.3) is 6.08 Å². The van der Waals surface area contributed by atoms with Crippen LogP contribution in [0.3, 0.4) is 0 Å². The van der Waals surface area contributed by atoms with Gasteiger partial charge in [-0.15, -0.1) is 0 Å². The molecule has 1 aromatic rings. The number of fused-ring (bicyclic) bond motifs is 1. The average Bonchev–Trinajstić information content (AvgIpc) is 2.95. The molecule has 1 heterocycles. The number of aryl methyl sites for hydroxylation is 2. The number of carbonyl (C=O) groups is 2. The fourth-order valence-corrected chi connectivity index (χ4v) is 3.15. The summed E-state index contributed by atoms with van der Waals surface area (Å²) in [4.78, 5) is 23.1. The largest absolute Gasteiger partial charge is 0.496 e. The first-order valence-corrected chi connectivity index (χ1v) is 6.93. The second-order valence-electron chi connectivity index (χ2n) is 4.57. The zero-order valence-electron chi connectivity index (χ0n) is 10.5. The molecule has 98 valence electrons. The van der Waals surface area contributed by atoms with Gasteiger partial charge >= 0.3 is 0 Å². The number of thioether (sulfide) groups is 1. The van der Waals surface area contributed by atoms with Gasteiger partial charge in [-0.3, -0.25) is 14.9 Å². The van der Waals surface area contributed by atoms with E-state index in [1.165, 1.54) is 11.1 Å². The molecule has 0 unspecified atom stereocenters. The Balaban J connectivity index is 2.03. The molecule has 0 spiro atoms. The predicted octanol–water partition coefficient (Wildman–Crippen LogP) is 2.51. The molecule has 5 heteroatoms. The monoisotopic (exact) mass is 275 g/mol. The molecule has 0 aromatic heterocycles. The van der Waals surface area contributed by atoms with Gasteiger partial charge in [0.1, 0.15) is 5.75 Å². The number of benzene rings is 1. The van der Waals surface area contributed by atoms with Crippen LogP contribution in [0.5, 0.6) is 5.75 Å². The van der Waals surface area contributed by atoms with Gasteiger partial charge in [0.15, 0.2) is 0 Å². The van der Waals surface area contributed by atoms with Crippen molar-refractivity contribution in [2.75, 3.05) is 7.11 Å². The van der Waals surface area contributed by atoms with Gasteiger partial charge in [0.25, 0.3) is 11.1 Å². The maximum absolute atomic E-state index is 11.6. The Labute approximate surface area is 115 Å². The summed E-state index contributed by atoms with van der Waals surface area (Å²) in [6.07, 6.45) is 5.03. The average molecular weight is 275 g/mol. The smallest absolute Gasteiger partial charge is 0.290 e. The third kappa shape index (κ3) is 2.26. The van der Waals surface area contributed by atoms with Gasteiger partial charge in [-0.1, -0.05) is 0 Å². The minimum Gasteiger partial charge on any atom is -0.496 e. The van der Waals surface area contributed by atoms with Crippen molar-refractivity contribution in [1.82, 2.24) is 5.32 Å². The maximum atomic E-state index is 11.6. The fourth-order valence-electron chi connectivity index (χ4n) is 2.47. The number of nitrogens with one attached hydrogen (secondary N) is 1. The molecule has 1 aliphatic heterocycles. The van der Waals surface area contributed by atoms with Crippen molar-refractivity contribution in [2.24, 2.45) is 0 Å². The molecule has 1 aromatic carbocycles. The summed E-state index contributed by atoms with van der Waals surface area (Å²) >= 11 is 0.927. The molecule has 2 aliphatic rings. The van der Waals surface area contributed by atoms with Crippen molar-refractivity contribution in [2.45, 2.75) is 19.3 Å². The predicted molar refractivity (Wildman–Crippen MR) is 74.1 cm³/mol. The molecule has 19 heavy (non-hydrogen) atoms. The third-order valence-corrected chi connectivity index (χ3v) is 4.18. The minimum absolute atomic E-state index is 0.323. The van der Waals surface area contributed by atoms with Crippen LogP contribution >= 0.6 is 11.8 Å². The quantitative estimate of drug-likeness (QED) is 0.843. The van der Waals surface area contributed by atoms with E-state index in [1.54, 1.807) is 13.2 Å². The molecule has 3 rings (SSSR count). The van der Waals surface area contributed by atoms with Gasteiger partial charge in [0.05, 0.1) is 12.0 Å². The minimum atomic E-state index is -0.336. The summed E-state index contributed by atoms with van der Waals surface area (Å²) in [5.74, 6) is 0.415. The Morgan fingerprint density at radius 3 is 2.63 bits per heavy atom. The van der Waals surface area contributed by atoms with Crippen molar-refractivity contribution in [3.63, 3.8) is 0 Å². The van der Waals surface area contributed by atoms with Crippen LogP contribution in [-0.2, 0) is 17.6 Å². The van der Waals surface area contributed by atoms with Gasteiger partial charge in [0.2, 0.25) is 0 Å². The van der Waals surface area contributed by atoms with Crippen LogP contribution in [0, 0.1) is 0 Å². The van der Waals surface area contributed by atoms with E-state index in [1.807, 2.05) is 6.07 Å². The summed E-state index contributed by atoms with van der Waals surface area (Å²) < 4.78 is 5.37. The summed E-state index contributed by atoms with van der Waals surface area (Å²) in [6, 6.07) is 4.10. The fraction of sp³-hybridized carbons (Fsp3) is 0.286. The molecule has 2 amide bonds. The second-order valence-corrected chi connectivity index (χ2v) is 5.58. The van der Waals surface area contributed by atoms with Gasteiger partial charge in [-0.25, -0.2) is 0 Å². The molecule has 4 nitrogen and oxygen atoms in total. The number of amides is 2. The van der Waals surface area contributed by atoms with Crippen LogP contribution in [0.1, 0.15) is 23.1 Å². The van der Waals surface area contributed by atoms with E-state index in [2.05, 4.69) is 11.4 Å². The van der Waals surface area contributed by atoms with E-state index >= 15 is 0 Å². The lowest BCUT2D eigenvalue weighted by molar-refractivity contribution is -0.115. The van der Waals surface area contributed by atoms with Crippen LogP contribution in [0.15, 0.2) is 17.0 Å². The molecule has 1 aliphatic carbocycles. The highest BCUT2D eigenvalue weighted by Gasteiger charge is 2.25. The molecule has 1 N–H and O–H groups in total. The highest BCUT2D eigenvalue weighted by molar-refractivity contribution is 8.18. The number of hydrogen-bond donors (Lipinski definition) is 1. The Morgan fingerprint density at radius 2 is 2.00 bits per heavy atom. The lowest BCUT2D eigenvalue weighted by Crippen LogP contribution is -2.17. The first-order chi connectivity index (χ1) is 9.17. The van der Waals surface area contributed by atoms with Crippen molar-refractivity contribution >= 4 is 29.0 Å². The van der Waals surface area contributed by atoms with E-state index in [0.29, 0.717) is 4.91 Å². The SMILES string of the molecule is COc1cc2c(cc1/C=C1/SC(=O)NC1=O)CCC2. The summed E-state index contributed by atoms with van der Waals surface area (Å²) in [5.41, 5.74) is 3.48. The Bertz CT molecular complexity index is 607. The van der Waals surface area contributed by atoms with Crippen molar-refractivity contribution < 1.29 is 14.3 Å². The van der Waals surface area contributed by atoms with E-state index in [9.17, 15) is 9.59 Å². The lowest BCUT2D eigenvalue weighted by Gasteiger charge is -2.09. The molecule has 1 saturated heterocycles. The highest BCUT2D eigenvalue weighted by Crippen LogP contribution is 2.33. The van der Waals surface area contributed by atoms with Crippen molar-refractivity contribution in [3.8, 4) is 5.75 Å². The van der Waals surface area contributed by atoms with Gasteiger partial charge in [-0.05, 0) is 60.4 Å². The van der Waals surface area contributed by atoms with Crippen molar-refractivity contribution in [1.29, 1.82) is 0 Å². The number of ether oxygens (including phenoxy) is 1. The summed E-state index contributed by atoms with van der Waals surface area (Å²) in [5, 5.41) is 1.93. The standard InChI is InChI=1S/C14H13NO3S/c1-18-11-6-9-4-2-3-8(9)5-10(11)7-12-13(16)15-14(17)19-12/h5-7H,2-4H2,1H3,(H,15,16,17)/b12-7+. The maximum Gasteiger partial charge on any atom is 0.290 e. The Hall–Kier alpha value is -1.75. The number of hydrogen-bond acceptors (Lipinski definition) is 4. The summed E-state index contributed by atoms with van der Waals surface area (Å²) in [6.45, 7) is 0. The van der Waals surface area contributed by atoms with E-state index in [-0.39, 0.29) is 11.1 Å². The molecular weight excluding hydrogens is 262 g/mol. The van der Waals surface area contributed by atoms with Gasteiger partial charge in [-0.2, -0.15) is 0 Å². The third-order valence-electron chi connectivity index (χ3n) is 3.37. The molecule has 0 bridgehead atoms. The molecule has 1 fully saturated rings. The molecule has 0 radical (unpaired) electrons. The Morgan fingerprint density at radius 1 is 1.26 bits per heavy atom.